The molecule has 4 heteroatoms. The summed E-state index contributed by atoms with van der Waals surface area (Å²) in [5, 5.41) is 9.77. The van der Waals surface area contributed by atoms with Crippen molar-refractivity contribution in [1.29, 1.82) is 0 Å². The van der Waals surface area contributed by atoms with Gasteiger partial charge in [-0.05, 0) is 56.2 Å². The zero-order valence-electron chi connectivity index (χ0n) is 11.6. The third-order valence-electron chi connectivity index (χ3n) is 3.11. The highest BCUT2D eigenvalue weighted by molar-refractivity contribution is 9.10. The van der Waals surface area contributed by atoms with Gasteiger partial charge in [0, 0.05) is 10.0 Å². The van der Waals surface area contributed by atoms with Crippen LogP contribution in [0.15, 0.2) is 34.8 Å². The Morgan fingerprint density at radius 1 is 1.10 bits per heavy atom. The number of ether oxygens (including phenoxy) is 1. The molecule has 0 saturated carbocycles. The molecule has 2 aromatic rings. The molecule has 0 aliphatic rings. The number of benzene rings is 2. The van der Waals surface area contributed by atoms with Crippen molar-refractivity contribution in [1.82, 2.24) is 0 Å². The standard InChI is InChI=1S/C16H16BrFO2/c1-9-4-5-12(17)7-15(9)20-16-6-10(2)14(18)8-13(16)11(3)19/h4-8,11,19H,1-3H3/t11-/m0/s1. The van der Waals surface area contributed by atoms with Crippen molar-refractivity contribution in [2.45, 2.75) is 26.9 Å². The van der Waals surface area contributed by atoms with E-state index in [1.807, 2.05) is 25.1 Å². The van der Waals surface area contributed by atoms with Crippen molar-refractivity contribution in [3.63, 3.8) is 0 Å². The number of rotatable bonds is 3. The first-order chi connectivity index (χ1) is 9.38. The van der Waals surface area contributed by atoms with Crippen LogP contribution in [0.1, 0.15) is 29.7 Å². The summed E-state index contributed by atoms with van der Waals surface area (Å²) in [5.74, 6) is 0.798. The minimum atomic E-state index is -0.799. The summed E-state index contributed by atoms with van der Waals surface area (Å²) in [4.78, 5) is 0. The van der Waals surface area contributed by atoms with E-state index in [-0.39, 0.29) is 5.82 Å². The van der Waals surface area contributed by atoms with Crippen LogP contribution in [0.4, 0.5) is 4.39 Å². The molecule has 0 saturated heterocycles. The molecular formula is C16H16BrFO2. The number of hydrogen-bond donors (Lipinski definition) is 1. The van der Waals surface area contributed by atoms with Crippen LogP contribution in [-0.4, -0.2) is 5.11 Å². The van der Waals surface area contributed by atoms with E-state index in [1.165, 1.54) is 6.07 Å². The summed E-state index contributed by atoms with van der Waals surface area (Å²) in [6.07, 6.45) is -0.799. The maximum Gasteiger partial charge on any atom is 0.133 e. The molecule has 2 rings (SSSR count). The number of aliphatic hydroxyl groups is 1. The van der Waals surface area contributed by atoms with Gasteiger partial charge in [-0.25, -0.2) is 4.39 Å². The van der Waals surface area contributed by atoms with E-state index in [0.717, 1.165) is 10.0 Å². The van der Waals surface area contributed by atoms with Gasteiger partial charge in [-0.15, -0.1) is 0 Å². The highest BCUT2D eigenvalue weighted by Gasteiger charge is 2.14. The predicted molar refractivity (Wildman–Crippen MR) is 80.7 cm³/mol. The highest BCUT2D eigenvalue weighted by atomic mass is 79.9. The molecule has 0 amide bonds. The van der Waals surface area contributed by atoms with Crippen molar-refractivity contribution in [2.24, 2.45) is 0 Å². The lowest BCUT2D eigenvalue weighted by molar-refractivity contribution is 0.195. The number of halogens is 2. The van der Waals surface area contributed by atoms with Gasteiger partial charge >= 0.3 is 0 Å². The summed E-state index contributed by atoms with van der Waals surface area (Å²) in [6.45, 7) is 5.19. The molecule has 2 aromatic carbocycles. The fourth-order valence-corrected chi connectivity index (χ4v) is 2.23. The Labute approximate surface area is 126 Å². The van der Waals surface area contributed by atoms with Gasteiger partial charge < -0.3 is 9.84 Å². The lowest BCUT2D eigenvalue weighted by atomic mass is 10.1. The molecule has 1 N–H and O–H groups in total. The lowest BCUT2D eigenvalue weighted by Crippen LogP contribution is -1.99. The van der Waals surface area contributed by atoms with E-state index >= 15 is 0 Å². The van der Waals surface area contributed by atoms with Crippen LogP contribution in [0.25, 0.3) is 0 Å². The first kappa shape index (κ1) is 15.0. The Kier molecular flexibility index (Phi) is 4.45. The third-order valence-corrected chi connectivity index (χ3v) is 3.60. The van der Waals surface area contributed by atoms with Gasteiger partial charge in [0.2, 0.25) is 0 Å². The Morgan fingerprint density at radius 2 is 1.80 bits per heavy atom. The van der Waals surface area contributed by atoms with Crippen LogP contribution in [0.3, 0.4) is 0 Å². The van der Waals surface area contributed by atoms with E-state index in [4.69, 9.17) is 4.74 Å². The van der Waals surface area contributed by atoms with Gasteiger partial charge in [0.05, 0.1) is 6.10 Å². The van der Waals surface area contributed by atoms with Crippen LogP contribution in [0, 0.1) is 19.7 Å². The molecule has 0 fully saturated rings. The summed E-state index contributed by atoms with van der Waals surface area (Å²) in [6, 6.07) is 8.63. The average Bonchev–Trinajstić information content (AvgIpc) is 2.37. The molecular weight excluding hydrogens is 323 g/mol. The van der Waals surface area contributed by atoms with Crippen LogP contribution in [-0.2, 0) is 0 Å². The van der Waals surface area contributed by atoms with Crippen LogP contribution in [0.2, 0.25) is 0 Å². The van der Waals surface area contributed by atoms with Crippen LogP contribution >= 0.6 is 15.9 Å². The lowest BCUT2D eigenvalue weighted by Gasteiger charge is -2.16. The first-order valence-electron chi connectivity index (χ1n) is 6.30. The zero-order valence-corrected chi connectivity index (χ0v) is 13.2. The molecule has 2 nitrogen and oxygen atoms in total. The molecule has 20 heavy (non-hydrogen) atoms. The quantitative estimate of drug-likeness (QED) is 0.848. The van der Waals surface area contributed by atoms with Gasteiger partial charge in [0.15, 0.2) is 0 Å². The molecule has 0 unspecified atom stereocenters. The molecule has 106 valence electrons. The Hall–Kier alpha value is -1.39. The molecule has 0 heterocycles. The minimum Gasteiger partial charge on any atom is -0.457 e. The maximum absolute atomic E-state index is 13.6. The number of aliphatic hydroxyl groups excluding tert-OH is 1. The van der Waals surface area contributed by atoms with Crippen molar-refractivity contribution in [3.8, 4) is 11.5 Å². The maximum atomic E-state index is 13.6. The Balaban J connectivity index is 2.47. The normalized spacial score (nSPS) is 12.3. The molecule has 0 radical (unpaired) electrons. The molecule has 0 aliphatic heterocycles. The Bertz CT molecular complexity index is 639. The topological polar surface area (TPSA) is 29.5 Å². The highest BCUT2D eigenvalue weighted by Crippen LogP contribution is 2.34. The number of hydrogen-bond acceptors (Lipinski definition) is 2. The van der Waals surface area contributed by atoms with Gasteiger partial charge in [-0.3, -0.25) is 0 Å². The monoisotopic (exact) mass is 338 g/mol. The van der Waals surface area contributed by atoms with E-state index in [9.17, 15) is 9.50 Å². The second-order valence-corrected chi connectivity index (χ2v) is 5.74. The molecule has 0 aliphatic carbocycles. The van der Waals surface area contributed by atoms with E-state index in [2.05, 4.69) is 15.9 Å². The summed E-state index contributed by atoms with van der Waals surface area (Å²) in [5.41, 5.74) is 1.89. The van der Waals surface area contributed by atoms with Crippen molar-refractivity contribution >= 4 is 15.9 Å². The fraction of sp³-hybridized carbons (Fsp3) is 0.250. The SMILES string of the molecule is Cc1cc(Oc2cc(Br)ccc2C)c([C@H](C)O)cc1F. The van der Waals surface area contributed by atoms with Gasteiger partial charge in [0.25, 0.3) is 0 Å². The number of aryl methyl sites for hydroxylation is 2. The first-order valence-corrected chi connectivity index (χ1v) is 7.10. The smallest absolute Gasteiger partial charge is 0.133 e. The summed E-state index contributed by atoms with van der Waals surface area (Å²) < 4.78 is 20.4. The minimum absolute atomic E-state index is 0.348. The summed E-state index contributed by atoms with van der Waals surface area (Å²) in [7, 11) is 0. The average molecular weight is 339 g/mol. The largest absolute Gasteiger partial charge is 0.457 e. The van der Waals surface area contributed by atoms with Crippen LogP contribution < -0.4 is 4.74 Å². The van der Waals surface area contributed by atoms with Crippen molar-refractivity contribution in [2.75, 3.05) is 0 Å². The predicted octanol–water partition coefficient (Wildman–Crippen LogP) is 5.05. The van der Waals surface area contributed by atoms with Gasteiger partial charge in [0.1, 0.15) is 17.3 Å². The van der Waals surface area contributed by atoms with Crippen molar-refractivity contribution in [3.05, 3.63) is 57.3 Å². The third kappa shape index (κ3) is 3.19. The Morgan fingerprint density at radius 3 is 2.45 bits per heavy atom. The fourth-order valence-electron chi connectivity index (χ4n) is 1.89. The van der Waals surface area contributed by atoms with Crippen LogP contribution in [0.5, 0.6) is 11.5 Å². The zero-order chi connectivity index (χ0) is 14.9. The summed E-state index contributed by atoms with van der Waals surface area (Å²) >= 11 is 3.39. The molecule has 0 spiro atoms. The van der Waals surface area contributed by atoms with E-state index < -0.39 is 6.10 Å². The molecule has 1 atom stereocenters. The molecule has 0 bridgehead atoms. The van der Waals surface area contributed by atoms with Gasteiger partial charge in [-0.1, -0.05) is 22.0 Å². The molecule has 0 aromatic heterocycles. The van der Waals surface area contributed by atoms with Crippen molar-refractivity contribution < 1.29 is 14.2 Å². The van der Waals surface area contributed by atoms with E-state index in [1.54, 1.807) is 19.9 Å². The second kappa shape index (κ2) is 5.94. The van der Waals surface area contributed by atoms with E-state index in [0.29, 0.717) is 22.6 Å². The second-order valence-electron chi connectivity index (χ2n) is 4.83. The van der Waals surface area contributed by atoms with Gasteiger partial charge in [-0.2, -0.15) is 0 Å².